The number of halogens is 2. The van der Waals surface area contributed by atoms with Crippen molar-refractivity contribution >= 4 is 109 Å². The molecule has 0 unspecified atom stereocenters. The Bertz CT molecular complexity index is 2570. The van der Waals surface area contributed by atoms with Gasteiger partial charge in [-0.1, -0.05) is 303 Å². The van der Waals surface area contributed by atoms with Crippen LogP contribution in [0.15, 0.2) is 303 Å². The smallest absolute Gasteiger partial charge is 0 e. The van der Waals surface area contributed by atoms with E-state index in [0.717, 1.165) is 0 Å². The third kappa shape index (κ3) is 25.7. The molecule has 10 aromatic rings. The third-order valence-corrected chi connectivity index (χ3v) is 18.7. The largest absolute Gasteiger partial charge is 0.472 e. The molecule has 0 aliphatic heterocycles. The summed E-state index contributed by atoms with van der Waals surface area (Å²) in [6.45, 7) is 15.8. The Morgan fingerprint density at radius 1 is 0.316 bits per heavy atom. The monoisotopic (exact) mass is 1330 g/mol. The van der Waals surface area contributed by atoms with Crippen LogP contribution in [0.1, 0.15) is 0 Å². The van der Waals surface area contributed by atoms with Gasteiger partial charge >= 0.3 is 33.9 Å². The molecule has 0 saturated heterocycles. The molecule has 10 rings (SSSR count). The van der Waals surface area contributed by atoms with Gasteiger partial charge in [-0.15, -0.1) is 23.2 Å². The summed E-state index contributed by atoms with van der Waals surface area (Å²) in [6.07, 6.45) is 0. The predicted molar refractivity (Wildman–Crippen MR) is 321 cm³/mol. The van der Waals surface area contributed by atoms with Crippen LogP contribution in [-0.2, 0) is 52.1 Å². The second-order valence-corrected chi connectivity index (χ2v) is 23.8. The average Bonchev–Trinajstić information content (AvgIpc) is 3.50. The molecule has 0 aromatic heterocycles. The molecule has 0 amide bonds. The fourth-order valence-electron chi connectivity index (χ4n) is 7.05. The molecule has 0 aliphatic rings. The van der Waals surface area contributed by atoms with Crippen molar-refractivity contribution in [2.45, 2.75) is 6.55 Å². The van der Waals surface area contributed by atoms with Crippen LogP contribution in [-0.4, -0.2) is 14.1 Å². The molecule has 0 atom stereocenters. The van der Waals surface area contributed by atoms with Crippen LogP contribution in [0.2, 0.25) is 6.55 Å². The minimum Gasteiger partial charge on any atom is -0.472 e. The van der Waals surface area contributed by atoms with E-state index < -0.39 is 24.6 Å². The maximum Gasteiger partial charge on any atom is 0 e. The summed E-state index contributed by atoms with van der Waals surface area (Å²) >= 11 is 9.53. The van der Waals surface area contributed by atoms with Gasteiger partial charge in [0.1, 0.15) is 0 Å². The van der Waals surface area contributed by atoms with Crippen molar-refractivity contribution in [2.24, 2.45) is 0 Å². The summed E-state index contributed by atoms with van der Waals surface area (Å²) < 4.78 is 22.5. The van der Waals surface area contributed by atoms with E-state index in [4.69, 9.17) is 37.2 Å². The molecule has 0 aliphatic carbocycles. The summed E-state index contributed by atoms with van der Waals surface area (Å²) in [7, 11) is -0.155. The first-order valence-corrected chi connectivity index (χ1v) is 29.7. The fraction of sp³-hybridized carbons (Fsp3) is 0.0308. The van der Waals surface area contributed by atoms with E-state index in [1.54, 1.807) is 0 Å². The van der Waals surface area contributed by atoms with Gasteiger partial charge in [-0.25, -0.2) is 10.6 Å². The zero-order valence-corrected chi connectivity index (χ0v) is 50.1. The topological polar surface area (TPSA) is 59.7 Å². The SMILES string of the molecule is C[Si-](c1ccccc1)c1ccccc1.ClCCl.[C-]#[O+].[C-]#[O+].[C-]#[O+].[Fe].[Pt].c1ccc(P(c2ccccc2)c2ccccc2)cc1.c1ccc(P(c2ccccc2)c2ccccc2)cc1.c1ccc([P-]c2ccccc2)cc1. The Balaban J connectivity index is 0.000000482. The molecule has 76 heavy (non-hydrogen) atoms. The van der Waals surface area contributed by atoms with Crippen molar-refractivity contribution in [1.82, 2.24) is 0 Å². The molecule has 11 heteroatoms. The Morgan fingerprint density at radius 3 is 0.632 bits per heavy atom. The third-order valence-electron chi connectivity index (χ3n) is 10.3. The van der Waals surface area contributed by atoms with Gasteiger partial charge in [-0.3, -0.25) is 8.80 Å². The van der Waals surface area contributed by atoms with Gasteiger partial charge < -0.3 is 8.58 Å². The summed E-state index contributed by atoms with van der Waals surface area (Å²) in [5.41, 5.74) is 0. The van der Waals surface area contributed by atoms with Crippen molar-refractivity contribution in [3.63, 3.8) is 0 Å². The number of hydrogen-bond acceptors (Lipinski definition) is 0. The molecule has 0 heterocycles. The molecule has 3 nitrogen and oxygen atoms in total. The molecular formula is C65H55Cl2FeO3P3PtSi-2. The van der Waals surface area contributed by atoms with Gasteiger partial charge in [0.15, 0.2) is 0 Å². The van der Waals surface area contributed by atoms with Crippen molar-refractivity contribution < 1.29 is 52.1 Å². The molecule has 0 N–H and O–H groups in total. The second kappa shape index (κ2) is 44.8. The van der Waals surface area contributed by atoms with Crippen molar-refractivity contribution in [3.05, 3.63) is 323 Å². The second-order valence-electron chi connectivity index (χ2n) is 14.9. The molecule has 0 saturated carbocycles. The van der Waals surface area contributed by atoms with Crippen LogP contribution >= 0.6 is 47.6 Å². The van der Waals surface area contributed by atoms with Gasteiger partial charge in [0, 0.05) is 38.1 Å². The van der Waals surface area contributed by atoms with E-state index in [1.165, 1.54) is 61.4 Å². The van der Waals surface area contributed by atoms with Crippen LogP contribution < -0.4 is 52.8 Å². The van der Waals surface area contributed by atoms with E-state index in [-0.39, 0.29) is 43.5 Å². The van der Waals surface area contributed by atoms with Crippen molar-refractivity contribution in [3.8, 4) is 0 Å². The first-order chi connectivity index (χ1) is 36.6. The molecule has 386 valence electrons. The number of hydrogen-bond donors (Lipinski definition) is 0. The molecule has 0 radical (unpaired) electrons. The summed E-state index contributed by atoms with van der Waals surface area (Å²) in [6, 6.07) is 107. The predicted octanol–water partition coefficient (Wildman–Crippen LogP) is 12.7. The number of benzene rings is 10. The Morgan fingerprint density at radius 2 is 0.461 bits per heavy atom. The molecule has 0 spiro atoms. The van der Waals surface area contributed by atoms with Gasteiger partial charge in [0.05, 0.1) is 5.34 Å². The first kappa shape index (κ1) is 68.7. The quantitative estimate of drug-likeness (QED) is 0.0431. The standard InChI is InChI=1S/2C18H15P.C13H13Si.C12H10P.CH2Cl2.3CO.Fe.Pt/c2*1-4-10-16(11-5-1)19(17-12-6-2-7-13-17)18-14-8-3-9-15-18;1-14(12-8-4-2-5-9-12)13-10-6-3-7-11-13;1-3-7-11(8-4-1)13-12-9-5-2-6-10-12;2-1-3;3*1-2;;/h2*1-15H;2-11H,1H3;1-10H;1H2;;;;;/q;;2*-1;;;;;;. The summed E-state index contributed by atoms with van der Waals surface area (Å²) in [4.78, 5) is 0. The molecule has 10 aromatic carbocycles. The van der Waals surface area contributed by atoms with Crippen LogP contribution in [0.3, 0.4) is 0 Å². The van der Waals surface area contributed by atoms with E-state index >= 15 is 0 Å². The van der Waals surface area contributed by atoms with Gasteiger partial charge in [-0.05, 0) is 47.7 Å². The number of alkyl halides is 2. The summed E-state index contributed by atoms with van der Waals surface area (Å²) in [5, 5.41) is 14.2. The van der Waals surface area contributed by atoms with Crippen LogP contribution in [0.5, 0.6) is 0 Å². The van der Waals surface area contributed by atoms with Crippen LogP contribution in [0.4, 0.5) is 0 Å². The molecule has 0 bridgehead atoms. The maximum atomic E-state index is 7.50. The fourth-order valence-corrected chi connectivity index (χ4v) is 14.3. The van der Waals surface area contributed by atoms with Crippen LogP contribution in [0.25, 0.3) is 0 Å². The van der Waals surface area contributed by atoms with E-state index in [0.29, 0.717) is 0 Å². The van der Waals surface area contributed by atoms with E-state index in [1.807, 2.05) is 12.1 Å². The van der Waals surface area contributed by atoms with Crippen molar-refractivity contribution in [1.29, 1.82) is 0 Å². The minimum absolute atomic E-state index is 0. The zero-order chi connectivity index (χ0) is 53.3. The summed E-state index contributed by atoms with van der Waals surface area (Å²) in [5.74, 6) is 0. The normalized spacial score (nSPS) is 9.09. The molecule has 0 fully saturated rings. The minimum atomic E-state index is -0.545. The Kier molecular flexibility index (Phi) is 40.5. The van der Waals surface area contributed by atoms with Gasteiger partial charge in [-0.2, -0.15) is 16.9 Å². The maximum absolute atomic E-state index is 7.50. The first-order valence-electron chi connectivity index (χ1n) is 23.0. The van der Waals surface area contributed by atoms with Crippen molar-refractivity contribution in [2.75, 3.05) is 5.34 Å². The average molecular weight is 1330 g/mol. The van der Waals surface area contributed by atoms with E-state index in [2.05, 4.69) is 318 Å². The van der Waals surface area contributed by atoms with Crippen LogP contribution in [0, 0.1) is 20.0 Å². The van der Waals surface area contributed by atoms with E-state index in [9.17, 15) is 0 Å². The van der Waals surface area contributed by atoms with Gasteiger partial charge in [0.25, 0.3) is 0 Å². The Labute approximate surface area is 492 Å². The number of rotatable bonds is 10. The Hall–Kier alpha value is -5.29. The zero-order valence-electron chi connectivity index (χ0n) is 41.6. The van der Waals surface area contributed by atoms with Gasteiger partial charge in [0.2, 0.25) is 0 Å². The molecular weight excluding hydrogens is 1270 g/mol.